The Labute approximate surface area is 224 Å². The summed E-state index contributed by atoms with van der Waals surface area (Å²) < 4.78 is 54.3. The minimum Gasteiger partial charge on any atom is -0.482 e. The van der Waals surface area contributed by atoms with E-state index in [2.05, 4.69) is 0 Å². The van der Waals surface area contributed by atoms with E-state index >= 15 is 0 Å². The van der Waals surface area contributed by atoms with Gasteiger partial charge >= 0.3 is 12.1 Å². The van der Waals surface area contributed by atoms with Crippen molar-refractivity contribution in [3.63, 3.8) is 0 Å². The number of fused-ring (bicyclic) bond motifs is 1. The van der Waals surface area contributed by atoms with Crippen molar-refractivity contribution < 1.29 is 42.4 Å². The van der Waals surface area contributed by atoms with Crippen LogP contribution in [0.4, 0.5) is 18.9 Å². The van der Waals surface area contributed by atoms with Gasteiger partial charge in [-0.2, -0.15) is 13.2 Å². The molecule has 0 aliphatic carbocycles. The van der Waals surface area contributed by atoms with Gasteiger partial charge in [0.05, 0.1) is 16.3 Å². The standard InChI is InChI=1S/C26H20Cl2F3NO6/c1-13(17-6-4-16(11-20(17)28)38-15-5-7-19(27)18(10-15)24(34)35)25(36,26(29,30)31)14-3-8-22-21(9-14)32(2)23(33)12-37-22/h3-11,13,36H,12H2,1-2H3,(H,34,35). The summed E-state index contributed by atoms with van der Waals surface area (Å²) in [6.45, 7) is 0.929. The highest BCUT2D eigenvalue weighted by Crippen LogP contribution is 2.51. The van der Waals surface area contributed by atoms with Crippen molar-refractivity contribution in [2.24, 2.45) is 0 Å². The fourth-order valence-corrected chi connectivity index (χ4v) is 4.72. The van der Waals surface area contributed by atoms with Gasteiger partial charge in [0.15, 0.2) is 12.2 Å². The summed E-state index contributed by atoms with van der Waals surface area (Å²) in [6, 6.07) is 11.3. The van der Waals surface area contributed by atoms with Crippen LogP contribution in [0.3, 0.4) is 0 Å². The number of hydrogen-bond acceptors (Lipinski definition) is 5. The zero-order valence-corrected chi connectivity index (χ0v) is 21.4. The van der Waals surface area contributed by atoms with Crippen molar-refractivity contribution in [2.75, 3.05) is 18.6 Å². The molecule has 0 radical (unpaired) electrons. The molecule has 38 heavy (non-hydrogen) atoms. The average Bonchev–Trinajstić information content (AvgIpc) is 2.85. The number of carboxylic acid groups (broad SMARTS) is 1. The lowest BCUT2D eigenvalue weighted by molar-refractivity contribution is -0.274. The van der Waals surface area contributed by atoms with E-state index < -0.39 is 35.1 Å². The molecule has 4 rings (SSSR count). The quantitative estimate of drug-likeness (QED) is 0.357. The molecule has 0 saturated heterocycles. The Kier molecular flexibility index (Phi) is 7.26. The topological polar surface area (TPSA) is 96.3 Å². The van der Waals surface area contributed by atoms with Crippen molar-refractivity contribution in [3.05, 3.63) is 81.3 Å². The zero-order valence-electron chi connectivity index (χ0n) is 19.8. The Balaban J connectivity index is 1.70. The molecule has 7 nitrogen and oxygen atoms in total. The number of alkyl halides is 3. The second kappa shape index (κ2) is 10.0. The van der Waals surface area contributed by atoms with Gasteiger partial charge in [0.1, 0.15) is 17.2 Å². The lowest BCUT2D eigenvalue weighted by Gasteiger charge is -2.38. The number of likely N-dealkylation sites (N-methyl/N-ethyl adjacent to an activating group) is 1. The van der Waals surface area contributed by atoms with Crippen LogP contribution in [-0.2, 0) is 10.4 Å². The van der Waals surface area contributed by atoms with Gasteiger partial charge in [-0.05, 0) is 53.6 Å². The van der Waals surface area contributed by atoms with Gasteiger partial charge in [-0.25, -0.2) is 4.79 Å². The number of rotatable bonds is 6. The molecule has 0 saturated carbocycles. The van der Waals surface area contributed by atoms with Gasteiger partial charge in [0.25, 0.3) is 5.91 Å². The average molecular weight is 570 g/mol. The summed E-state index contributed by atoms with van der Waals surface area (Å²) >= 11 is 12.2. The summed E-state index contributed by atoms with van der Waals surface area (Å²) in [6.07, 6.45) is -5.13. The van der Waals surface area contributed by atoms with E-state index in [0.717, 1.165) is 17.0 Å². The maximum Gasteiger partial charge on any atom is 0.422 e. The third-order valence-corrected chi connectivity index (χ3v) is 7.04. The highest BCUT2D eigenvalue weighted by molar-refractivity contribution is 6.33. The maximum absolute atomic E-state index is 14.5. The molecule has 1 aliphatic rings. The van der Waals surface area contributed by atoms with Gasteiger partial charge in [-0.3, -0.25) is 4.79 Å². The SMILES string of the molecule is CC(c1ccc(Oc2ccc(Cl)c(C(=O)O)c2)cc1Cl)C(O)(c1ccc2c(c1)N(C)C(=O)CO2)C(F)(F)F. The van der Waals surface area contributed by atoms with Crippen LogP contribution in [0.15, 0.2) is 54.6 Å². The van der Waals surface area contributed by atoms with Crippen LogP contribution < -0.4 is 14.4 Å². The van der Waals surface area contributed by atoms with Crippen LogP contribution in [0.1, 0.15) is 34.3 Å². The summed E-state index contributed by atoms with van der Waals surface area (Å²) in [4.78, 5) is 24.5. The highest BCUT2D eigenvalue weighted by Gasteiger charge is 2.59. The first kappa shape index (κ1) is 27.6. The summed E-state index contributed by atoms with van der Waals surface area (Å²) in [5.74, 6) is -2.87. The molecule has 1 amide bonds. The third-order valence-electron chi connectivity index (χ3n) is 6.39. The predicted octanol–water partition coefficient (Wildman–Crippen LogP) is 6.39. The number of amides is 1. The Morgan fingerprint density at radius 3 is 2.34 bits per heavy atom. The van der Waals surface area contributed by atoms with Crippen molar-refractivity contribution in [3.8, 4) is 17.2 Å². The van der Waals surface area contributed by atoms with E-state index in [0.29, 0.717) is 0 Å². The minimum atomic E-state index is -5.13. The van der Waals surface area contributed by atoms with E-state index in [9.17, 15) is 33.0 Å². The lowest BCUT2D eigenvalue weighted by atomic mass is 9.77. The van der Waals surface area contributed by atoms with Crippen molar-refractivity contribution in [1.82, 2.24) is 0 Å². The number of anilines is 1. The minimum absolute atomic E-state index is 0.00258. The Morgan fingerprint density at radius 1 is 1.05 bits per heavy atom. The monoisotopic (exact) mass is 569 g/mol. The van der Waals surface area contributed by atoms with Crippen LogP contribution >= 0.6 is 23.2 Å². The van der Waals surface area contributed by atoms with Gasteiger partial charge in [-0.15, -0.1) is 0 Å². The molecule has 12 heteroatoms. The van der Waals surface area contributed by atoms with Crippen molar-refractivity contribution >= 4 is 40.8 Å². The summed E-state index contributed by atoms with van der Waals surface area (Å²) in [7, 11) is 1.40. The van der Waals surface area contributed by atoms with E-state index in [-0.39, 0.29) is 50.7 Å². The summed E-state index contributed by atoms with van der Waals surface area (Å²) in [5, 5.41) is 20.3. The fourth-order valence-electron chi connectivity index (χ4n) is 4.18. The maximum atomic E-state index is 14.5. The predicted molar refractivity (Wildman–Crippen MR) is 134 cm³/mol. The molecule has 1 aliphatic heterocycles. The Bertz CT molecular complexity index is 1430. The molecule has 2 N–H and O–H groups in total. The highest BCUT2D eigenvalue weighted by atomic mass is 35.5. The molecule has 200 valence electrons. The van der Waals surface area contributed by atoms with Crippen molar-refractivity contribution in [2.45, 2.75) is 24.6 Å². The number of ether oxygens (including phenoxy) is 2. The Morgan fingerprint density at radius 2 is 1.71 bits per heavy atom. The molecule has 0 aromatic heterocycles. The third kappa shape index (κ3) is 4.87. The molecule has 1 heterocycles. The number of carboxylic acids is 1. The molecule has 0 bridgehead atoms. The normalized spacial score (nSPS) is 15.8. The number of hydrogen-bond donors (Lipinski definition) is 2. The zero-order chi connectivity index (χ0) is 28.0. The molecule has 0 fully saturated rings. The van der Waals surface area contributed by atoms with E-state index in [1.54, 1.807) is 0 Å². The first-order valence-corrected chi connectivity index (χ1v) is 11.8. The molecule has 2 unspecified atom stereocenters. The second-order valence-corrected chi connectivity index (χ2v) is 9.46. The van der Waals surface area contributed by atoms with Crippen LogP contribution in [0.25, 0.3) is 0 Å². The first-order chi connectivity index (χ1) is 17.7. The van der Waals surface area contributed by atoms with E-state index in [1.807, 2.05) is 0 Å². The number of aromatic carboxylic acids is 1. The van der Waals surface area contributed by atoms with Gasteiger partial charge < -0.3 is 24.6 Å². The van der Waals surface area contributed by atoms with Gasteiger partial charge in [-0.1, -0.05) is 42.3 Å². The van der Waals surface area contributed by atoms with Gasteiger partial charge in [0.2, 0.25) is 0 Å². The van der Waals surface area contributed by atoms with Crippen LogP contribution in [0.5, 0.6) is 17.2 Å². The van der Waals surface area contributed by atoms with Crippen LogP contribution in [0, 0.1) is 0 Å². The van der Waals surface area contributed by atoms with E-state index in [1.165, 1.54) is 56.4 Å². The molecule has 3 aromatic carbocycles. The number of halogens is 5. The number of aliphatic hydroxyl groups is 1. The first-order valence-electron chi connectivity index (χ1n) is 11.1. The summed E-state index contributed by atoms with van der Waals surface area (Å²) in [5.41, 5.74) is -4.02. The largest absolute Gasteiger partial charge is 0.482 e. The second-order valence-electron chi connectivity index (χ2n) is 8.64. The molecule has 0 spiro atoms. The molecule has 2 atom stereocenters. The molecule has 3 aromatic rings. The number of carbonyl (C=O) groups excluding carboxylic acids is 1. The number of benzene rings is 3. The smallest absolute Gasteiger partial charge is 0.422 e. The Hall–Kier alpha value is -3.47. The van der Waals surface area contributed by atoms with E-state index in [4.69, 9.17) is 32.7 Å². The molecular weight excluding hydrogens is 550 g/mol. The van der Waals surface area contributed by atoms with Crippen molar-refractivity contribution in [1.29, 1.82) is 0 Å². The number of carbonyl (C=O) groups is 2. The number of nitrogens with zero attached hydrogens (tertiary/aromatic N) is 1. The fraction of sp³-hybridized carbons (Fsp3) is 0.231. The van der Waals surface area contributed by atoms with Crippen LogP contribution in [-0.4, -0.2) is 41.9 Å². The lowest BCUT2D eigenvalue weighted by Crippen LogP contribution is -2.47. The van der Waals surface area contributed by atoms with Crippen LogP contribution in [0.2, 0.25) is 10.0 Å². The van der Waals surface area contributed by atoms with Gasteiger partial charge in [0, 0.05) is 18.0 Å². The molecular formula is C26H20Cl2F3NO6.